The van der Waals surface area contributed by atoms with Gasteiger partial charge in [-0.15, -0.1) is 11.3 Å². The van der Waals surface area contributed by atoms with Crippen molar-refractivity contribution in [3.63, 3.8) is 0 Å². The van der Waals surface area contributed by atoms with Crippen molar-refractivity contribution in [3.8, 4) is 0 Å². The van der Waals surface area contributed by atoms with Crippen molar-refractivity contribution in [3.05, 3.63) is 22.4 Å². The lowest BCUT2D eigenvalue weighted by atomic mass is 9.84. The SMILES string of the molecule is CC(Cc1cccs1)N1CC(=O)NC(C(C)(C)C)C1=O. The molecule has 0 aromatic carbocycles. The molecule has 0 aliphatic carbocycles. The van der Waals surface area contributed by atoms with Crippen LogP contribution in [0.3, 0.4) is 0 Å². The van der Waals surface area contributed by atoms with Crippen molar-refractivity contribution in [1.82, 2.24) is 10.2 Å². The van der Waals surface area contributed by atoms with E-state index in [2.05, 4.69) is 11.4 Å². The summed E-state index contributed by atoms with van der Waals surface area (Å²) in [7, 11) is 0. The lowest BCUT2D eigenvalue weighted by Crippen LogP contribution is -2.64. The highest BCUT2D eigenvalue weighted by Crippen LogP contribution is 2.25. The van der Waals surface area contributed by atoms with Crippen LogP contribution in [0.2, 0.25) is 0 Å². The smallest absolute Gasteiger partial charge is 0.246 e. The lowest BCUT2D eigenvalue weighted by molar-refractivity contribution is -0.149. The lowest BCUT2D eigenvalue weighted by Gasteiger charge is -2.41. The van der Waals surface area contributed by atoms with Crippen LogP contribution < -0.4 is 5.32 Å². The maximum atomic E-state index is 12.6. The predicted molar refractivity (Wildman–Crippen MR) is 80.6 cm³/mol. The van der Waals surface area contributed by atoms with Crippen molar-refractivity contribution < 1.29 is 9.59 Å². The Hall–Kier alpha value is -1.36. The second-order valence-corrected chi connectivity index (χ2v) is 7.50. The number of thiophene rings is 1. The molecule has 2 unspecified atom stereocenters. The van der Waals surface area contributed by atoms with Gasteiger partial charge in [0.1, 0.15) is 6.04 Å². The van der Waals surface area contributed by atoms with Crippen LogP contribution in [-0.2, 0) is 16.0 Å². The Labute approximate surface area is 124 Å². The summed E-state index contributed by atoms with van der Waals surface area (Å²) in [5.41, 5.74) is -0.270. The van der Waals surface area contributed by atoms with Crippen molar-refractivity contribution in [1.29, 1.82) is 0 Å². The van der Waals surface area contributed by atoms with Gasteiger partial charge in [0.25, 0.3) is 0 Å². The highest BCUT2D eigenvalue weighted by atomic mass is 32.1. The zero-order chi connectivity index (χ0) is 14.9. The molecule has 4 nitrogen and oxygen atoms in total. The molecule has 2 amide bonds. The Morgan fingerprint density at radius 3 is 2.70 bits per heavy atom. The average Bonchev–Trinajstić information content (AvgIpc) is 2.83. The molecule has 1 N–H and O–H groups in total. The van der Waals surface area contributed by atoms with E-state index >= 15 is 0 Å². The highest BCUT2D eigenvalue weighted by molar-refractivity contribution is 7.09. The molecular weight excluding hydrogens is 272 g/mol. The summed E-state index contributed by atoms with van der Waals surface area (Å²) >= 11 is 1.69. The molecule has 2 heterocycles. The van der Waals surface area contributed by atoms with E-state index in [0.717, 1.165) is 6.42 Å². The summed E-state index contributed by atoms with van der Waals surface area (Å²) in [5, 5.41) is 4.85. The topological polar surface area (TPSA) is 49.4 Å². The summed E-state index contributed by atoms with van der Waals surface area (Å²) in [6.07, 6.45) is 0.799. The van der Waals surface area contributed by atoms with Crippen LogP contribution in [0.15, 0.2) is 17.5 Å². The Balaban J connectivity index is 2.13. The van der Waals surface area contributed by atoms with E-state index in [9.17, 15) is 9.59 Å². The number of nitrogens with one attached hydrogen (secondary N) is 1. The molecule has 0 bridgehead atoms. The first-order valence-electron chi connectivity index (χ1n) is 6.91. The molecule has 0 saturated carbocycles. The van der Waals surface area contributed by atoms with Crippen molar-refractivity contribution in [2.45, 2.75) is 46.2 Å². The van der Waals surface area contributed by atoms with Gasteiger partial charge in [0.05, 0.1) is 6.54 Å². The van der Waals surface area contributed by atoms with Crippen LogP contribution in [0, 0.1) is 5.41 Å². The van der Waals surface area contributed by atoms with Crippen molar-refractivity contribution >= 4 is 23.2 Å². The van der Waals surface area contributed by atoms with E-state index in [4.69, 9.17) is 0 Å². The van der Waals surface area contributed by atoms with Crippen LogP contribution in [0.5, 0.6) is 0 Å². The van der Waals surface area contributed by atoms with Gasteiger partial charge in [-0.2, -0.15) is 0 Å². The fourth-order valence-corrected chi connectivity index (χ4v) is 3.28. The Bertz CT molecular complexity index is 490. The zero-order valence-electron chi connectivity index (χ0n) is 12.5. The number of carbonyl (C=O) groups is 2. The molecule has 110 valence electrons. The molecule has 2 atom stereocenters. The van der Waals surface area contributed by atoms with E-state index in [-0.39, 0.29) is 29.8 Å². The molecule has 0 radical (unpaired) electrons. The molecule has 1 fully saturated rings. The normalized spacial score (nSPS) is 21.8. The number of hydrogen-bond acceptors (Lipinski definition) is 3. The van der Waals surface area contributed by atoms with Gasteiger partial charge in [-0.1, -0.05) is 26.8 Å². The average molecular weight is 294 g/mol. The first kappa shape index (κ1) is 15.0. The fraction of sp³-hybridized carbons (Fsp3) is 0.600. The van der Waals surface area contributed by atoms with Crippen LogP contribution >= 0.6 is 11.3 Å². The van der Waals surface area contributed by atoms with Gasteiger partial charge in [-0.25, -0.2) is 0 Å². The Kier molecular flexibility index (Phi) is 4.18. The Morgan fingerprint density at radius 2 is 2.15 bits per heavy atom. The molecule has 1 saturated heterocycles. The van der Waals surface area contributed by atoms with Gasteiger partial charge in [-0.05, 0) is 23.8 Å². The molecule has 2 rings (SSSR count). The third kappa shape index (κ3) is 3.20. The van der Waals surface area contributed by atoms with Gasteiger partial charge in [-0.3, -0.25) is 9.59 Å². The number of piperazine rings is 1. The first-order valence-corrected chi connectivity index (χ1v) is 7.79. The molecule has 1 aromatic heterocycles. The minimum absolute atomic E-state index is 0.0288. The summed E-state index contributed by atoms with van der Waals surface area (Å²) in [6.45, 7) is 8.10. The summed E-state index contributed by atoms with van der Waals surface area (Å²) in [5.74, 6) is -0.0382. The zero-order valence-corrected chi connectivity index (χ0v) is 13.3. The van der Waals surface area contributed by atoms with Crippen LogP contribution in [0.4, 0.5) is 0 Å². The standard InChI is InChI=1S/C15H22N2O2S/c1-10(8-11-6-5-7-20-11)17-9-12(18)16-13(14(17)19)15(2,3)4/h5-7,10,13H,8-9H2,1-4H3,(H,16,18). The highest BCUT2D eigenvalue weighted by Gasteiger charge is 2.41. The van der Waals surface area contributed by atoms with Gasteiger partial charge >= 0.3 is 0 Å². The fourth-order valence-electron chi connectivity index (χ4n) is 2.46. The summed E-state index contributed by atoms with van der Waals surface area (Å²) < 4.78 is 0. The van der Waals surface area contributed by atoms with E-state index in [0.29, 0.717) is 0 Å². The third-order valence-electron chi connectivity index (χ3n) is 3.62. The molecule has 1 aromatic rings. The molecule has 5 heteroatoms. The second-order valence-electron chi connectivity index (χ2n) is 6.47. The molecule has 20 heavy (non-hydrogen) atoms. The van der Waals surface area contributed by atoms with Crippen LogP contribution in [0.1, 0.15) is 32.6 Å². The molecule has 1 aliphatic heterocycles. The number of nitrogens with zero attached hydrogens (tertiary/aromatic N) is 1. The quantitative estimate of drug-likeness (QED) is 0.927. The van der Waals surface area contributed by atoms with Crippen LogP contribution in [-0.4, -0.2) is 35.3 Å². The summed E-state index contributed by atoms with van der Waals surface area (Å²) in [6, 6.07) is 3.68. The largest absolute Gasteiger partial charge is 0.342 e. The third-order valence-corrected chi connectivity index (χ3v) is 4.52. The van der Waals surface area contributed by atoms with Crippen molar-refractivity contribution in [2.75, 3.05) is 6.54 Å². The molecule has 0 spiro atoms. The number of hydrogen-bond donors (Lipinski definition) is 1. The Morgan fingerprint density at radius 1 is 1.45 bits per heavy atom. The second kappa shape index (κ2) is 5.56. The van der Waals surface area contributed by atoms with Crippen molar-refractivity contribution in [2.24, 2.45) is 5.41 Å². The maximum absolute atomic E-state index is 12.6. The minimum Gasteiger partial charge on any atom is -0.342 e. The van der Waals surface area contributed by atoms with E-state index < -0.39 is 6.04 Å². The first-order chi connectivity index (χ1) is 9.29. The predicted octanol–water partition coefficient (Wildman–Crippen LogP) is 2.05. The maximum Gasteiger partial charge on any atom is 0.246 e. The number of amides is 2. The molecule has 1 aliphatic rings. The summed E-state index contributed by atoms with van der Waals surface area (Å²) in [4.78, 5) is 27.4. The minimum atomic E-state index is -0.436. The number of carbonyl (C=O) groups excluding carboxylic acids is 2. The number of rotatable bonds is 3. The van der Waals surface area contributed by atoms with E-state index in [1.165, 1.54) is 4.88 Å². The van der Waals surface area contributed by atoms with Gasteiger partial charge in [0, 0.05) is 17.3 Å². The van der Waals surface area contributed by atoms with Crippen LogP contribution in [0.25, 0.3) is 0 Å². The molecular formula is C15H22N2O2S. The van der Waals surface area contributed by atoms with E-state index in [1.807, 2.05) is 39.1 Å². The van der Waals surface area contributed by atoms with Gasteiger partial charge < -0.3 is 10.2 Å². The van der Waals surface area contributed by atoms with Gasteiger partial charge in [0.2, 0.25) is 11.8 Å². The van der Waals surface area contributed by atoms with Gasteiger partial charge in [0.15, 0.2) is 0 Å². The monoisotopic (exact) mass is 294 g/mol. The van der Waals surface area contributed by atoms with E-state index in [1.54, 1.807) is 16.2 Å².